The molecule has 5 aromatic rings. The van der Waals surface area contributed by atoms with Crippen LogP contribution in [0.1, 0.15) is 19.9 Å². The lowest BCUT2D eigenvalue weighted by Gasteiger charge is -2.15. The molecule has 0 saturated heterocycles. The van der Waals surface area contributed by atoms with Crippen LogP contribution in [0.4, 0.5) is 0 Å². The van der Waals surface area contributed by atoms with Crippen molar-refractivity contribution in [1.82, 2.24) is 4.57 Å². The van der Waals surface area contributed by atoms with Gasteiger partial charge in [0.2, 0.25) is 0 Å². The molecular weight excluding hydrogens is 330 g/mol. The van der Waals surface area contributed by atoms with Crippen LogP contribution in [-0.4, -0.2) is 4.57 Å². The molecule has 0 spiro atoms. The molecule has 4 heteroatoms. The first-order valence-corrected chi connectivity index (χ1v) is 9.14. The molecule has 0 aliphatic heterocycles. The number of hydrogen-bond acceptors (Lipinski definition) is 3. The molecule has 0 unspecified atom stereocenters. The SMILES string of the molecule is CC(C)n1c(=O)c2ccc3sc4ccccc4c4ccc(c1=O)c2c34. The lowest BCUT2D eigenvalue weighted by atomic mass is 9.97. The van der Waals surface area contributed by atoms with Crippen molar-refractivity contribution in [3.05, 3.63) is 69.2 Å². The third-order valence-corrected chi connectivity index (χ3v) is 6.07. The highest BCUT2D eigenvalue weighted by Crippen LogP contribution is 2.39. The summed E-state index contributed by atoms with van der Waals surface area (Å²) < 4.78 is 3.67. The Kier molecular flexibility index (Phi) is 2.86. The largest absolute Gasteiger partial charge is 0.272 e. The molecule has 0 N–H and O–H groups in total. The molecule has 0 aliphatic rings. The molecule has 0 radical (unpaired) electrons. The van der Waals surface area contributed by atoms with E-state index >= 15 is 0 Å². The van der Waals surface area contributed by atoms with Crippen LogP contribution in [0.25, 0.3) is 41.7 Å². The molecule has 0 saturated carbocycles. The van der Waals surface area contributed by atoms with Gasteiger partial charge in [-0.05, 0) is 48.9 Å². The number of fused-ring (bicyclic) bond motifs is 2. The summed E-state index contributed by atoms with van der Waals surface area (Å²) in [6, 6.07) is 15.9. The second-order valence-electron chi connectivity index (χ2n) is 6.69. The lowest BCUT2D eigenvalue weighted by molar-refractivity contribution is 0.568. The smallest absolute Gasteiger partial charge is 0.261 e. The second-order valence-corrected chi connectivity index (χ2v) is 7.78. The van der Waals surface area contributed by atoms with Gasteiger partial charge in [-0.1, -0.05) is 24.3 Å². The minimum Gasteiger partial charge on any atom is -0.272 e. The molecule has 0 atom stereocenters. The van der Waals surface area contributed by atoms with E-state index in [9.17, 15) is 9.59 Å². The molecule has 0 bridgehead atoms. The van der Waals surface area contributed by atoms with Crippen LogP contribution in [0.15, 0.2) is 58.1 Å². The summed E-state index contributed by atoms with van der Waals surface area (Å²) in [6.07, 6.45) is 0. The average molecular weight is 345 g/mol. The Morgan fingerprint density at radius 2 is 1.36 bits per heavy atom. The third-order valence-electron chi connectivity index (χ3n) is 4.93. The first kappa shape index (κ1) is 14.6. The predicted molar refractivity (Wildman–Crippen MR) is 106 cm³/mol. The van der Waals surface area contributed by atoms with Crippen molar-refractivity contribution in [3.63, 3.8) is 0 Å². The van der Waals surface area contributed by atoms with E-state index in [4.69, 9.17) is 0 Å². The molecule has 3 nitrogen and oxygen atoms in total. The van der Waals surface area contributed by atoms with E-state index in [0.29, 0.717) is 10.8 Å². The van der Waals surface area contributed by atoms with Crippen LogP contribution in [-0.2, 0) is 0 Å². The van der Waals surface area contributed by atoms with Gasteiger partial charge in [-0.25, -0.2) is 0 Å². The maximum absolute atomic E-state index is 12.9. The maximum Gasteiger partial charge on any atom is 0.261 e. The van der Waals surface area contributed by atoms with Crippen LogP contribution < -0.4 is 11.1 Å². The van der Waals surface area contributed by atoms with Gasteiger partial charge in [0.1, 0.15) is 0 Å². The van der Waals surface area contributed by atoms with Crippen molar-refractivity contribution in [2.45, 2.75) is 19.9 Å². The van der Waals surface area contributed by atoms with Gasteiger partial charge in [0.15, 0.2) is 0 Å². The van der Waals surface area contributed by atoms with Crippen LogP contribution >= 0.6 is 11.3 Å². The zero-order chi connectivity index (χ0) is 17.3. The standard InChI is InChI=1S/C21H15NO2S/c1-11(2)22-20(23)14-8-7-13-12-5-3-4-6-16(12)25-17-10-9-15(21(22)24)18(14)19(13)17/h3-11H,1-2H3. The summed E-state index contributed by atoms with van der Waals surface area (Å²) in [6.45, 7) is 3.74. The highest BCUT2D eigenvalue weighted by atomic mass is 32.1. The molecule has 0 aliphatic carbocycles. The van der Waals surface area contributed by atoms with Crippen molar-refractivity contribution in [3.8, 4) is 0 Å². The monoisotopic (exact) mass is 345 g/mol. The maximum atomic E-state index is 12.9. The Hall–Kier alpha value is -2.72. The van der Waals surface area contributed by atoms with E-state index in [1.54, 1.807) is 11.3 Å². The Bertz CT molecular complexity index is 1380. The quantitative estimate of drug-likeness (QED) is 0.320. The van der Waals surface area contributed by atoms with Crippen molar-refractivity contribution in [2.75, 3.05) is 0 Å². The number of nitrogens with zero attached hydrogens (tertiary/aromatic N) is 1. The molecular formula is C21H15NO2S. The number of hydrogen-bond donors (Lipinski definition) is 0. The minimum absolute atomic E-state index is 0.162. The summed E-state index contributed by atoms with van der Waals surface area (Å²) in [5.41, 5.74) is -0.389. The van der Waals surface area contributed by atoms with E-state index in [1.165, 1.54) is 9.27 Å². The Labute approximate surface area is 147 Å². The number of benzene rings is 3. The van der Waals surface area contributed by atoms with Gasteiger partial charge >= 0.3 is 0 Å². The zero-order valence-electron chi connectivity index (χ0n) is 13.9. The first-order chi connectivity index (χ1) is 12.1. The summed E-state index contributed by atoms with van der Waals surface area (Å²) in [4.78, 5) is 25.9. The van der Waals surface area contributed by atoms with E-state index in [-0.39, 0.29) is 17.2 Å². The molecule has 5 rings (SSSR count). The van der Waals surface area contributed by atoms with Crippen molar-refractivity contribution in [1.29, 1.82) is 0 Å². The van der Waals surface area contributed by atoms with Crippen molar-refractivity contribution in [2.24, 2.45) is 0 Å². The molecule has 3 aromatic carbocycles. The number of pyridine rings is 1. The molecule has 2 aromatic heterocycles. The van der Waals surface area contributed by atoms with Gasteiger partial charge < -0.3 is 0 Å². The van der Waals surface area contributed by atoms with Gasteiger partial charge in [0.25, 0.3) is 11.1 Å². The first-order valence-electron chi connectivity index (χ1n) is 8.33. The summed E-state index contributed by atoms with van der Waals surface area (Å²) >= 11 is 1.70. The lowest BCUT2D eigenvalue weighted by Crippen LogP contribution is -2.34. The van der Waals surface area contributed by atoms with Gasteiger partial charge in [-0.2, -0.15) is 0 Å². The minimum atomic E-state index is -0.194. The summed E-state index contributed by atoms with van der Waals surface area (Å²) in [5, 5.41) is 5.36. The van der Waals surface area contributed by atoms with E-state index in [0.717, 1.165) is 26.2 Å². The van der Waals surface area contributed by atoms with Gasteiger partial charge in [-0.15, -0.1) is 11.3 Å². The van der Waals surface area contributed by atoms with Crippen molar-refractivity contribution < 1.29 is 0 Å². The third kappa shape index (κ3) is 1.80. The average Bonchev–Trinajstić information content (AvgIpc) is 2.61. The molecule has 0 fully saturated rings. The highest BCUT2D eigenvalue weighted by molar-refractivity contribution is 7.25. The van der Waals surface area contributed by atoms with Gasteiger partial charge in [0, 0.05) is 37.0 Å². The van der Waals surface area contributed by atoms with E-state index in [2.05, 4.69) is 12.1 Å². The van der Waals surface area contributed by atoms with Crippen molar-refractivity contribution >= 4 is 53.1 Å². The normalized spacial score (nSPS) is 12.3. The Morgan fingerprint density at radius 3 is 2.08 bits per heavy atom. The second kappa shape index (κ2) is 4.90. The summed E-state index contributed by atoms with van der Waals surface area (Å²) in [7, 11) is 0. The topological polar surface area (TPSA) is 39.1 Å². The van der Waals surface area contributed by atoms with E-state index < -0.39 is 0 Å². The Morgan fingerprint density at radius 1 is 0.720 bits per heavy atom. The van der Waals surface area contributed by atoms with E-state index in [1.807, 2.05) is 50.2 Å². The van der Waals surface area contributed by atoms with Crippen LogP contribution in [0, 0.1) is 0 Å². The molecule has 0 amide bonds. The molecule has 122 valence electrons. The molecule has 25 heavy (non-hydrogen) atoms. The van der Waals surface area contributed by atoms with Gasteiger partial charge in [0.05, 0.1) is 0 Å². The van der Waals surface area contributed by atoms with Crippen LogP contribution in [0.5, 0.6) is 0 Å². The predicted octanol–water partition coefficient (Wildman–Crippen LogP) is 4.90. The fourth-order valence-corrected chi connectivity index (χ4v) is 4.97. The fraction of sp³-hybridized carbons (Fsp3) is 0.143. The van der Waals surface area contributed by atoms with Gasteiger partial charge in [-0.3, -0.25) is 14.2 Å². The zero-order valence-corrected chi connectivity index (χ0v) is 14.7. The van der Waals surface area contributed by atoms with Crippen LogP contribution in [0.2, 0.25) is 0 Å². The Balaban J connectivity index is 2.17. The number of rotatable bonds is 1. The highest BCUT2D eigenvalue weighted by Gasteiger charge is 2.18. The summed E-state index contributed by atoms with van der Waals surface area (Å²) in [5.74, 6) is 0. The van der Waals surface area contributed by atoms with Crippen LogP contribution in [0.3, 0.4) is 0 Å². The molecule has 2 heterocycles. The fourth-order valence-electron chi connectivity index (χ4n) is 3.85. The number of aromatic nitrogens is 1.